The second kappa shape index (κ2) is 5.11. The molecule has 2 N–H and O–H groups in total. The highest BCUT2D eigenvalue weighted by Crippen LogP contribution is 2.24. The molecule has 0 amide bonds. The Hall–Kier alpha value is -2.11. The average molecular weight is 273 g/mol. The first-order chi connectivity index (χ1) is 9.67. The van der Waals surface area contributed by atoms with Crippen molar-refractivity contribution >= 4 is 0 Å². The van der Waals surface area contributed by atoms with Gasteiger partial charge in [0.25, 0.3) is 0 Å². The van der Waals surface area contributed by atoms with Crippen LogP contribution in [0.3, 0.4) is 0 Å². The normalized spacial score (nSPS) is 14.4. The van der Waals surface area contributed by atoms with Gasteiger partial charge in [-0.2, -0.15) is 0 Å². The number of rotatable bonds is 3. The van der Waals surface area contributed by atoms with E-state index in [0.29, 0.717) is 12.3 Å². The average Bonchev–Trinajstić information content (AvgIpc) is 2.84. The minimum absolute atomic E-state index is 0.0794. The number of hydrogen-bond acceptors (Lipinski definition) is 5. The highest BCUT2D eigenvalue weighted by Gasteiger charge is 2.20. The summed E-state index contributed by atoms with van der Waals surface area (Å²) in [5.74, 6) is -0.144. The molecule has 20 heavy (non-hydrogen) atoms. The van der Waals surface area contributed by atoms with Gasteiger partial charge in [-0.1, -0.05) is 24.3 Å². The monoisotopic (exact) mass is 273 g/mol. The fraction of sp³-hybridized carbons (Fsp3) is 0.267. The summed E-state index contributed by atoms with van der Waals surface area (Å²) < 4.78 is 5.36. The van der Waals surface area contributed by atoms with Gasteiger partial charge >= 0.3 is 0 Å². The maximum atomic E-state index is 11.6. The van der Waals surface area contributed by atoms with E-state index in [1.54, 1.807) is 0 Å². The molecule has 1 aromatic heterocycles. The van der Waals surface area contributed by atoms with Gasteiger partial charge in [-0.15, -0.1) is 0 Å². The molecule has 0 saturated carbocycles. The van der Waals surface area contributed by atoms with Crippen molar-refractivity contribution in [3.05, 3.63) is 63.2 Å². The Morgan fingerprint density at radius 3 is 2.45 bits per heavy atom. The van der Waals surface area contributed by atoms with Crippen molar-refractivity contribution in [2.75, 3.05) is 0 Å². The molecular weight excluding hydrogens is 258 g/mol. The van der Waals surface area contributed by atoms with Crippen LogP contribution in [0.15, 0.2) is 39.5 Å². The second-order valence-corrected chi connectivity index (χ2v) is 4.92. The lowest BCUT2D eigenvalue weighted by molar-refractivity contribution is 0.206. The molecular formula is C15H15NO4. The van der Waals surface area contributed by atoms with Crippen molar-refractivity contribution in [1.29, 1.82) is 0 Å². The fourth-order valence-electron chi connectivity index (χ4n) is 2.51. The minimum atomic E-state index is -0.521. The van der Waals surface area contributed by atoms with Crippen LogP contribution in [0.25, 0.3) is 0 Å². The molecule has 0 fully saturated rings. The molecule has 5 nitrogen and oxygen atoms in total. The summed E-state index contributed by atoms with van der Waals surface area (Å²) in [6.45, 7) is 1.58. The molecule has 5 heteroatoms. The van der Waals surface area contributed by atoms with Gasteiger partial charge in [-0.3, -0.25) is 9.69 Å². The predicted molar refractivity (Wildman–Crippen MR) is 72.0 cm³/mol. The van der Waals surface area contributed by atoms with Gasteiger partial charge in [0.1, 0.15) is 12.4 Å². The maximum Gasteiger partial charge on any atom is 0.227 e. The third-order valence-electron chi connectivity index (χ3n) is 3.47. The number of aliphatic hydroxyl groups excluding tert-OH is 1. The largest absolute Gasteiger partial charge is 0.502 e. The number of benzene rings is 1. The quantitative estimate of drug-likeness (QED) is 0.883. The van der Waals surface area contributed by atoms with Crippen LogP contribution < -0.4 is 5.43 Å². The van der Waals surface area contributed by atoms with Crippen molar-refractivity contribution in [3.63, 3.8) is 0 Å². The van der Waals surface area contributed by atoms with E-state index in [9.17, 15) is 9.90 Å². The molecule has 0 spiro atoms. The van der Waals surface area contributed by atoms with Crippen molar-refractivity contribution in [2.24, 2.45) is 0 Å². The molecule has 0 atom stereocenters. The SMILES string of the molecule is O=c1cc(CN2Cc3ccccc3C2)oc(CO)c1O. The predicted octanol–water partition coefficient (Wildman–Crippen LogP) is 1.35. The van der Waals surface area contributed by atoms with E-state index in [0.717, 1.165) is 13.1 Å². The number of nitrogens with zero attached hydrogens (tertiary/aromatic N) is 1. The van der Waals surface area contributed by atoms with Crippen LogP contribution in [0.2, 0.25) is 0 Å². The van der Waals surface area contributed by atoms with Crippen LogP contribution in [-0.2, 0) is 26.2 Å². The highest BCUT2D eigenvalue weighted by atomic mass is 16.4. The van der Waals surface area contributed by atoms with Gasteiger partial charge in [0.2, 0.25) is 11.2 Å². The summed E-state index contributed by atoms with van der Waals surface area (Å²) in [7, 11) is 0. The molecule has 0 radical (unpaired) electrons. The lowest BCUT2D eigenvalue weighted by atomic mass is 10.1. The second-order valence-electron chi connectivity index (χ2n) is 4.92. The van der Waals surface area contributed by atoms with Crippen LogP contribution in [0.1, 0.15) is 22.6 Å². The third-order valence-corrected chi connectivity index (χ3v) is 3.47. The number of aliphatic hydroxyl groups is 1. The first-order valence-corrected chi connectivity index (χ1v) is 6.42. The first kappa shape index (κ1) is 12.9. The molecule has 2 aromatic rings. The minimum Gasteiger partial charge on any atom is -0.502 e. The van der Waals surface area contributed by atoms with E-state index in [-0.39, 0.29) is 5.76 Å². The van der Waals surface area contributed by atoms with Crippen molar-refractivity contribution in [2.45, 2.75) is 26.2 Å². The zero-order valence-electron chi connectivity index (χ0n) is 10.9. The van der Waals surface area contributed by atoms with Gasteiger partial charge < -0.3 is 14.6 Å². The zero-order chi connectivity index (χ0) is 14.1. The van der Waals surface area contributed by atoms with Crippen LogP contribution in [0.4, 0.5) is 0 Å². The standard InChI is InChI=1S/C15H15NO4/c17-9-14-15(19)13(18)5-12(20-14)8-16-6-10-3-1-2-4-11(10)7-16/h1-5,17,19H,6-9H2. The lowest BCUT2D eigenvalue weighted by Crippen LogP contribution is -2.17. The Bertz CT molecular complexity index is 668. The summed E-state index contributed by atoms with van der Waals surface area (Å²) >= 11 is 0. The maximum absolute atomic E-state index is 11.6. The summed E-state index contributed by atoms with van der Waals surface area (Å²) in [5.41, 5.74) is 2.03. The van der Waals surface area contributed by atoms with Crippen LogP contribution in [-0.4, -0.2) is 15.1 Å². The highest BCUT2D eigenvalue weighted by molar-refractivity contribution is 5.30. The van der Waals surface area contributed by atoms with E-state index in [4.69, 9.17) is 9.52 Å². The molecule has 104 valence electrons. The summed E-state index contributed by atoms with van der Waals surface area (Å²) in [5, 5.41) is 18.5. The fourth-order valence-corrected chi connectivity index (χ4v) is 2.51. The molecule has 0 saturated heterocycles. The first-order valence-electron chi connectivity index (χ1n) is 6.42. The zero-order valence-corrected chi connectivity index (χ0v) is 10.9. The number of hydrogen-bond donors (Lipinski definition) is 2. The molecule has 1 aromatic carbocycles. The van der Waals surface area contributed by atoms with Crippen LogP contribution in [0, 0.1) is 0 Å². The molecule has 3 rings (SSSR count). The molecule has 0 bridgehead atoms. The number of fused-ring (bicyclic) bond motifs is 1. The van der Waals surface area contributed by atoms with Gasteiger partial charge in [0.05, 0.1) is 6.54 Å². The van der Waals surface area contributed by atoms with Crippen molar-refractivity contribution in [3.8, 4) is 5.75 Å². The number of aromatic hydroxyl groups is 1. The van der Waals surface area contributed by atoms with Gasteiger partial charge in [-0.05, 0) is 11.1 Å². The van der Waals surface area contributed by atoms with E-state index in [1.807, 2.05) is 12.1 Å². The lowest BCUT2D eigenvalue weighted by Gasteiger charge is -2.14. The Balaban J connectivity index is 1.80. The van der Waals surface area contributed by atoms with Crippen LogP contribution >= 0.6 is 0 Å². The van der Waals surface area contributed by atoms with E-state index in [1.165, 1.54) is 17.2 Å². The van der Waals surface area contributed by atoms with Gasteiger partial charge in [-0.25, -0.2) is 0 Å². The Kier molecular flexibility index (Phi) is 3.30. The Morgan fingerprint density at radius 1 is 1.20 bits per heavy atom. The van der Waals surface area contributed by atoms with E-state index < -0.39 is 17.8 Å². The molecule has 1 aliphatic heterocycles. The smallest absolute Gasteiger partial charge is 0.227 e. The van der Waals surface area contributed by atoms with Gasteiger partial charge in [0.15, 0.2) is 5.76 Å². The van der Waals surface area contributed by atoms with E-state index in [2.05, 4.69) is 17.0 Å². The summed E-state index contributed by atoms with van der Waals surface area (Å²) in [6, 6.07) is 9.46. The summed E-state index contributed by atoms with van der Waals surface area (Å²) in [6.07, 6.45) is 0. The Labute approximate surface area is 115 Å². The Morgan fingerprint density at radius 2 is 1.85 bits per heavy atom. The van der Waals surface area contributed by atoms with Crippen LogP contribution in [0.5, 0.6) is 5.75 Å². The molecule has 1 aliphatic rings. The summed E-state index contributed by atoms with van der Waals surface area (Å²) in [4.78, 5) is 13.7. The molecule has 0 aliphatic carbocycles. The topological polar surface area (TPSA) is 73.9 Å². The molecule has 0 unspecified atom stereocenters. The van der Waals surface area contributed by atoms with Gasteiger partial charge in [0, 0.05) is 19.2 Å². The van der Waals surface area contributed by atoms with Crippen molar-refractivity contribution in [1.82, 2.24) is 4.90 Å². The van der Waals surface area contributed by atoms with Crippen molar-refractivity contribution < 1.29 is 14.6 Å². The van der Waals surface area contributed by atoms with E-state index >= 15 is 0 Å². The molecule has 2 heterocycles. The third kappa shape index (κ3) is 2.33.